The average Bonchev–Trinajstić information content (AvgIpc) is 2.75. The van der Waals surface area contributed by atoms with E-state index in [-0.39, 0.29) is 16.9 Å². The van der Waals surface area contributed by atoms with Crippen LogP contribution in [0.2, 0.25) is 0 Å². The van der Waals surface area contributed by atoms with Gasteiger partial charge in [0.1, 0.15) is 11.6 Å². The number of fused-ring (bicyclic) bond motifs is 1. The van der Waals surface area contributed by atoms with E-state index in [0.717, 1.165) is 5.56 Å². The molecule has 19 heavy (non-hydrogen) atoms. The number of aryl methyl sites for hydroxylation is 2. The van der Waals surface area contributed by atoms with E-state index in [0.29, 0.717) is 24.0 Å². The van der Waals surface area contributed by atoms with Gasteiger partial charge in [-0.25, -0.2) is 8.78 Å². The van der Waals surface area contributed by atoms with Crippen molar-refractivity contribution in [2.75, 3.05) is 0 Å². The van der Waals surface area contributed by atoms with E-state index in [1.54, 1.807) is 18.2 Å². The highest BCUT2D eigenvalue weighted by molar-refractivity contribution is 6.00. The van der Waals surface area contributed by atoms with Gasteiger partial charge in [-0.1, -0.05) is 18.2 Å². The van der Waals surface area contributed by atoms with E-state index >= 15 is 0 Å². The van der Waals surface area contributed by atoms with Crippen molar-refractivity contribution in [2.24, 2.45) is 0 Å². The van der Waals surface area contributed by atoms with Crippen LogP contribution in [0.25, 0.3) is 11.1 Å². The van der Waals surface area contributed by atoms with E-state index in [4.69, 9.17) is 0 Å². The summed E-state index contributed by atoms with van der Waals surface area (Å²) in [7, 11) is 0. The lowest BCUT2D eigenvalue weighted by Gasteiger charge is -2.07. The normalized spacial score (nSPS) is 13.7. The Hall–Kier alpha value is -2.03. The fourth-order valence-electron chi connectivity index (χ4n) is 2.49. The molecular weight excluding hydrogens is 246 g/mol. The van der Waals surface area contributed by atoms with Crippen LogP contribution in [0.5, 0.6) is 0 Å². The average molecular weight is 258 g/mol. The smallest absolute Gasteiger partial charge is 0.163 e. The van der Waals surface area contributed by atoms with Crippen molar-refractivity contribution in [1.82, 2.24) is 0 Å². The maximum absolute atomic E-state index is 13.9. The number of hydrogen-bond donors (Lipinski definition) is 0. The highest BCUT2D eigenvalue weighted by Gasteiger charge is 2.20. The van der Waals surface area contributed by atoms with Crippen molar-refractivity contribution in [1.29, 1.82) is 0 Å². The van der Waals surface area contributed by atoms with Gasteiger partial charge < -0.3 is 0 Å². The zero-order valence-corrected chi connectivity index (χ0v) is 10.5. The first-order chi connectivity index (χ1) is 9.06. The molecule has 0 aliphatic heterocycles. The standard InChI is InChI=1S/C16H12F2O/c1-9-6-15(18)13(8-14(9)17)11-2-4-12-10(7-11)3-5-16(12)19/h2,4,6-8H,3,5H2,1H3. The number of ketones is 1. The third-order valence-corrected chi connectivity index (χ3v) is 3.59. The monoisotopic (exact) mass is 258 g/mol. The number of benzene rings is 2. The van der Waals surface area contributed by atoms with E-state index in [2.05, 4.69) is 0 Å². The van der Waals surface area contributed by atoms with Crippen LogP contribution in [0.15, 0.2) is 30.3 Å². The highest BCUT2D eigenvalue weighted by atomic mass is 19.1. The Morgan fingerprint density at radius 3 is 2.53 bits per heavy atom. The molecule has 0 heterocycles. The third kappa shape index (κ3) is 1.95. The zero-order chi connectivity index (χ0) is 13.6. The first-order valence-corrected chi connectivity index (χ1v) is 6.18. The Balaban J connectivity index is 2.13. The molecule has 0 aromatic heterocycles. The van der Waals surface area contributed by atoms with Crippen molar-refractivity contribution in [2.45, 2.75) is 19.8 Å². The summed E-state index contributed by atoms with van der Waals surface area (Å²) in [5.74, 6) is -0.742. The number of carbonyl (C=O) groups is 1. The van der Waals surface area contributed by atoms with Crippen molar-refractivity contribution in [3.05, 3.63) is 58.7 Å². The predicted molar refractivity (Wildman–Crippen MR) is 69.2 cm³/mol. The van der Waals surface area contributed by atoms with Crippen molar-refractivity contribution >= 4 is 5.78 Å². The van der Waals surface area contributed by atoms with Crippen LogP contribution in [0.1, 0.15) is 27.9 Å². The summed E-state index contributed by atoms with van der Waals surface area (Å²) >= 11 is 0. The minimum atomic E-state index is -0.442. The summed E-state index contributed by atoms with van der Waals surface area (Å²) in [5.41, 5.74) is 2.77. The second kappa shape index (κ2) is 4.26. The predicted octanol–water partition coefficient (Wildman–Crippen LogP) is 4.07. The highest BCUT2D eigenvalue weighted by Crippen LogP contribution is 2.30. The molecule has 3 rings (SSSR count). The summed E-state index contributed by atoms with van der Waals surface area (Å²) in [6.45, 7) is 1.53. The molecule has 1 aliphatic rings. The van der Waals surface area contributed by atoms with E-state index < -0.39 is 11.6 Å². The van der Waals surface area contributed by atoms with Crippen LogP contribution >= 0.6 is 0 Å². The number of Topliss-reactive ketones (excluding diaryl/α,β-unsaturated/α-hetero) is 1. The van der Waals surface area contributed by atoms with Crippen LogP contribution in [-0.4, -0.2) is 5.78 Å². The summed E-state index contributed by atoms with van der Waals surface area (Å²) in [6.07, 6.45) is 1.18. The molecule has 0 N–H and O–H groups in total. The Kier molecular flexibility index (Phi) is 2.70. The first kappa shape index (κ1) is 12.0. The molecule has 0 saturated carbocycles. The zero-order valence-electron chi connectivity index (χ0n) is 10.5. The van der Waals surface area contributed by atoms with Crippen LogP contribution in [0.4, 0.5) is 8.78 Å². The fraction of sp³-hybridized carbons (Fsp3) is 0.188. The van der Waals surface area contributed by atoms with Gasteiger partial charge in [-0.05, 0) is 42.2 Å². The summed E-state index contributed by atoms with van der Waals surface area (Å²) < 4.78 is 27.5. The molecule has 0 bridgehead atoms. The largest absolute Gasteiger partial charge is 0.294 e. The van der Waals surface area contributed by atoms with Crippen LogP contribution in [0.3, 0.4) is 0 Å². The Labute approximate surface area is 109 Å². The summed E-state index contributed by atoms with van der Waals surface area (Å²) in [5, 5.41) is 0. The molecule has 0 unspecified atom stereocenters. The quantitative estimate of drug-likeness (QED) is 0.753. The SMILES string of the molecule is Cc1cc(F)c(-c2ccc3c(c2)CCC3=O)cc1F. The lowest BCUT2D eigenvalue weighted by atomic mass is 9.99. The number of halogens is 2. The second-order valence-electron chi connectivity index (χ2n) is 4.88. The van der Waals surface area contributed by atoms with Crippen LogP contribution in [-0.2, 0) is 6.42 Å². The molecule has 96 valence electrons. The fourth-order valence-corrected chi connectivity index (χ4v) is 2.49. The van der Waals surface area contributed by atoms with E-state index in [9.17, 15) is 13.6 Å². The molecule has 0 amide bonds. The number of rotatable bonds is 1. The third-order valence-electron chi connectivity index (χ3n) is 3.59. The first-order valence-electron chi connectivity index (χ1n) is 6.18. The van der Waals surface area contributed by atoms with Gasteiger partial charge in [-0.15, -0.1) is 0 Å². The minimum absolute atomic E-state index is 0.122. The summed E-state index contributed by atoms with van der Waals surface area (Å²) in [4.78, 5) is 11.5. The topological polar surface area (TPSA) is 17.1 Å². The van der Waals surface area contributed by atoms with E-state index in [1.807, 2.05) is 0 Å². The van der Waals surface area contributed by atoms with Gasteiger partial charge in [0.2, 0.25) is 0 Å². The number of hydrogen-bond acceptors (Lipinski definition) is 1. The minimum Gasteiger partial charge on any atom is -0.294 e. The molecule has 0 atom stereocenters. The molecule has 0 saturated heterocycles. The van der Waals surface area contributed by atoms with Gasteiger partial charge in [0.05, 0.1) is 0 Å². The molecule has 1 nitrogen and oxygen atoms in total. The van der Waals surface area contributed by atoms with Gasteiger partial charge in [0.15, 0.2) is 5.78 Å². The molecule has 0 fully saturated rings. The van der Waals surface area contributed by atoms with Gasteiger partial charge in [-0.2, -0.15) is 0 Å². The molecule has 2 aromatic rings. The lowest BCUT2D eigenvalue weighted by Crippen LogP contribution is -1.93. The maximum Gasteiger partial charge on any atom is 0.163 e. The Bertz CT molecular complexity index is 689. The van der Waals surface area contributed by atoms with Gasteiger partial charge in [0.25, 0.3) is 0 Å². The molecule has 0 radical (unpaired) electrons. The molecule has 1 aliphatic carbocycles. The van der Waals surface area contributed by atoms with Crippen molar-refractivity contribution in [3.63, 3.8) is 0 Å². The van der Waals surface area contributed by atoms with Gasteiger partial charge in [-0.3, -0.25) is 4.79 Å². The van der Waals surface area contributed by atoms with Gasteiger partial charge in [0, 0.05) is 17.5 Å². The lowest BCUT2D eigenvalue weighted by molar-refractivity contribution is 0.0994. The van der Waals surface area contributed by atoms with Crippen molar-refractivity contribution < 1.29 is 13.6 Å². The molecule has 0 spiro atoms. The second-order valence-corrected chi connectivity index (χ2v) is 4.88. The van der Waals surface area contributed by atoms with Crippen LogP contribution < -0.4 is 0 Å². The molecule has 3 heteroatoms. The van der Waals surface area contributed by atoms with E-state index in [1.165, 1.54) is 19.1 Å². The Morgan fingerprint density at radius 2 is 1.74 bits per heavy atom. The maximum atomic E-state index is 13.9. The Morgan fingerprint density at radius 1 is 0.947 bits per heavy atom. The molecular formula is C16H12F2O. The van der Waals surface area contributed by atoms with Crippen LogP contribution in [0, 0.1) is 18.6 Å². The molecule has 2 aromatic carbocycles. The van der Waals surface area contributed by atoms with Gasteiger partial charge >= 0.3 is 0 Å². The summed E-state index contributed by atoms with van der Waals surface area (Å²) in [6, 6.07) is 7.58. The van der Waals surface area contributed by atoms with Crippen molar-refractivity contribution in [3.8, 4) is 11.1 Å². The number of carbonyl (C=O) groups excluding carboxylic acids is 1.